The highest BCUT2D eigenvalue weighted by Crippen LogP contribution is 2.12. The van der Waals surface area contributed by atoms with E-state index in [1.54, 1.807) is 50.2 Å². The average molecular weight is 499 g/mol. The first-order valence-corrected chi connectivity index (χ1v) is 11.7. The number of nitrogens with zero attached hydrogens (tertiary/aromatic N) is 5. The second kappa shape index (κ2) is 12.1. The molecule has 10 heteroatoms. The summed E-state index contributed by atoms with van der Waals surface area (Å²) in [6, 6.07) is 27.3. The van der Waals surface area contributed by atoms with E-state index in [-0.39, 0.29) is 30.5 Å². The number of nitrogens with one attached hydrogen (secondary N) is 1. The molecule has 37 heavy (non-hydrogen) atoms. The Morgan fingerprint density at radius 2 is 1.38 bits per heavy atom. The Morgan fingerprint density at radius 1 is 0.811 bits per heavy atom. The highest BCUT2D eigenvalue weighted by molar-refractivity contribution is 6.35. The summed E-state index contributed by atoms with van der Waals surface area (Å²) in [5.74, 6) is -1.67. The summed E-state index contributed by atoms with van der Waals surface area (Å²) >= 11 is 0. The highest BCUT2D eigenvalue weighted by atomic mass is 16.5. The zero-order valence-electron chi connectivity index (χ0n) is 20.4. The number of carbonyl (C=O) groups is 2. The molecule has 0 aliphatic rings. The van der Waals surface area contributed by atoms with Gasteiger partial charge in [0.05, 0.1) is 30.3 Å². The molecule has 4 aromatic rings. The third kappa shape index (κ3) is 5.99. The van der Waals surface area contributed by atoms with E-state index in [1.807, 2.05) is 54.6 Å². The van der Waals surface area contributed by atoms with Gasteiger partial charge in [-0.2, -0.15) is 9.67 Å². The first-order valence-electron chi connectivity index (χ1n) is 11.7. The molecule has 0 aliphatic carbocycles. The van der Waals surface area contributed by atoms with Crippen LogP contribution < -0.4 is 11.0 Å². The molecule has 0 unspecified atom stereocenters. The summed E-state index contributed by atoms with van der Waals surface area (Å²) in [7, 11) is 0. The number of para-hydroxylation sites is 3. The average Bonchev–Trinajstić information content (AvgIpc) is 3.32. The van der Waals surface area contributed by atoms with Crippen LogP contribution in [-0.4, -0.2) is 45.3 Å². The van der Waals surface area contributed by atoms with Crippen molar-refractivity contribution in [1.82, 2.24) is 14.3 Å². The van der Waals surface area contributed by atoms with E-state index in [9.17, 15) is 9.59 Å². The Bertz CT molecular complexity index is 1440. The molecule has 0 radical (unpaired) electrons. The Kier molecular flexibility index (Phi) is 8.22. The van der Waals surface area contributed by atoms with E-state index in [2.05, 4.69) is 20.6 Å². The number of amidine groups is 1. The molecule has 0 aliphatic heterocycles. The fraction of sp³-hybridized carbons (Fsp3) is 0.148. The van der Waals surface area contributed by atoms with Crippen LogP contribution in [0.3, 0.4) is 0 Å². The molecule has 1 aromatic heterocycles. The van der Waals surface area contributed by atoms with Gasteiger partial charge in [-0.25, -0.2) is 9.59 Å². The van der Waals surface area contributed by atoms with Crippen LogP contribution in [0.2, 0.25) is 0 Å². The van der Waals surface area contributed by atoms with Crippen molar-refractivity contribution >= 4 is 23.5 Å². The maximum Gasteiger partial charge on any atom is 0.378 e. The van der Waals surface area contributed by atoms with E-state index in [0.717, 1.165) is 0 Å². The molecule has 0 bridgehead atoms. The second-order valence-electron chi connectivity index (χ2n) is 7.51. The second-order valence-corrected chi connectivity index (χ2v) is 7.51. The standard InChI is InChI=1S/C27H26N6O4/c1-3-36-25(34)23(30-29-20-14-8-5-9-15-20)28-27-32(21-16-10-6-11-17-21)24(26(35)37-4-2)31-33(27)22-18-12-7-13-19-22/h5-19,29H,3-4H2,1-2H3/b28-27?,30-23+. The lowest BCUT2D eigenvalue weighted by Gasteiger charge is -2.08. The van der Waals surface area contributed by atoms with Crippen molar-refractivity contribution < 1.29 is 19.1 Å². The Hall–Kier alpha value is -4.99. The third-order valence-electron chi connectivity index (χ3n) is 5.00. The number of ether oxygens (including phenoxy) is 2. The number of carbonyl (C=O) groups excluding carboxylic acids is 2. The van der Waals surface area contributed by atoms with Crippen molar-refractivity contribution in [3.8, 4) is 11.4 Å². The maximum absolute atomic E-state index is 13.0. The molecule has 4 rings (SSSR count). The monoisotopic (exact) mass is 498 g/mol. The number of hydrogen-bond donors (Lipinski definition) is 1. The fourth-order valence-electron chi connectivity index (χ4n) is 3.39. The van der Waals surface area contributed by atoms with Crippen molar-refractivity contribution in [3.05, 3.63) is 102 Å². The minimum atomic E-state index is -0.746. The van der Waals surface area contributed by atoms with Gasteiger partial charge in [-0.15, -0.1) is 10.2 Å². The lowest BCUT2D eigenvalue weighted by molar-refractivity contribution is -0.135. The summed E-state index contributed by atoms with van der Waals surface area (Å²) < 4.78 is 13.5. The third-order valence-corrected chi connectivity index (χ3v) is 5.00. The molecule has 0 spiro atoms. The van der Waals surface area contributed by atoms with Crippen molar-refractivity contribution in [2.45, 2.75) is 13.8 Å². The quantitative estimate of drug-likeness (QED) is 0.180. The normalized spacial score (nSPS) is 11.7. The van der Waals surface area contributed by atoms with Gasteiger partial charge < -0.3 is 9.47 Å². The van der Waals surface area contributed by atoms with Crippen molar-refractivity contribution in [2.75, 3.05) is 18.6 Å². The summed E-state index contributed by atoms with van der Waals surface area (Å²) in [4.78, 5) is 30.4. The number of hydrazone groups is 1. The highest BCUT2D eigenvalue weighted by Gasteiger charge is 2.24. The molecule has 1 heterocycles. The summed E-state index contributed by atoms with van der Waals surface area (Å²) in [6.45, 7) is 3.70. The number of esters is 2. The topological polar surface area (TPSA) is 112 Å². The predicted molar refractivity (Wildman–Crippen MR) is 139 cm³/mol. The van der Waals surface area contributed by atoms with Crippen LogP contribution in [0, 0.1) is 0 Å². The number of hydrogen-bond acceptors (Lipinski definition) is 7. The van der Waals surface area contributed by atoms with Crippen LogP contribution in [-0.2, 0) is 14.3 Å². The van der Waals surface area contributed by atoms with Gasteiger partial charge >= 0.3 is 11.9 Å². The van der Waals surface area contributed by atoms with E-state index in [0.29, 0.717) is 17.1 Å². The minimum Gasteiger partial charge on any atom is -0.460 e. The van der Waals surface area contributed by atoms with Crippen molar-refractivity contribution in [1.29, 1.82) is 0 Å². The SMILES string of the molecule is CCOC(=O)/C(N=c1n(-c2ccccc2)nc(C(=O)OCC)n1-c1ccccc1)=N\Nc1ccccc1. The van der Waals surface area contributed by atoms with Crippen LogP contribution in [0.1, 0.15) is 24.5 Å². The molecule has 0 amide bonds. The molecule has 0 saturated heterocycles. The van der Waals surface area contributed by atoms with Gasteiger partial charge in [0.1, 0.15) is 0 Å². The van der Waals surface area contributed by atoms with E-state index in [1.165, 1.54) is 9.25 Å². The largest absolute Gasteiger partial charge is 0.460 e. The van der Waals surface area contributed by atoms with E-state index in [4.69, 9.17) is 9.47 Å². The molecule has 0 atom stereocenters. The molecular weight excluding hydrogens is 472 g/mol. The van der Waals surface area contributed by atoms with Crippen LogP contribution >= 0.6 is 0 Å². The summed E-state index contributed by atoms with van der Waals surface area (Å²) in [6.07, 6.45) is 0. The molecule has 10 nitrogen and oxygen atoms in total. The molecule has 3 aromatic carbocycles. The zero-order chi connectivity index (χ0) is 26.0. The first-order chi connectivity index (χ1) is 18.1. The molecule has 0 fully saturated rings. The molecular formula is C27H26N6O4. The van der Waals surface area contributed by atoms with Crippen LogP contribution in [0.15, 0.2) is 101 Å². The summed E-state index contributed by atoms with van der Waals surface area (Å²) in [5.41, 5.74) is 4.83. The van der Waals surface area contributed by atoms with Gasteiger partial charge in [-0.05, 0) is 50.2 Å². The van der Waals surface area contributed by atoms with Crippen LogP contribution in [0.25, 0.3) is 11.4 Å². The van der Waals surface area contributed by atoms with Crippen molar-refractivity contribution in [3.63, 3.8) is 0 Å². The van der Waals surface area contributed by atoms with Crippen LogP contribution in [0.4, 0.5) is 5.69 Å². The molecule has 0 saturated carbocycles. The van der Waals surface area contributed by atoms with Gasteiger partial charge in [0, 0.05) is 0 Å². The summed E-state index contributed by atoms with van der Waals surface area (Å²) in [5, 5.41) is 8.76. The maximum atomic E-state index is 13.0. The molecule has 1 N–H and O–H groups in total. The number of benzene rings is 3. The Labute approximate surface area is 213 Å². The van der Waals surface area contributed by atoms with Gasteiger partial charge in [-0.3, -0.25) is 9.99 Å². The Balaban J connectivity index is 2.00. The number of aromatic nitrogens is 3. The van der Waals surface area contributed by atoms with Crippen LogP contribution in [0.5, 0.6) is 0 Å². The Morgan fingerprint density at radius 3 is 1.97 bits per heavy atom. The van der Waals surface area contributed by atoms with Crippen molar-refractivity contribution in [2.24, 2.45) is 10.1 Å². The minimum absolute atomic E-state index is 0.0186. The van der Waals surface area contributed by atoms with Gasteiger partial charge in [0.2, 0.25) is 11.4 Å². The van der Waals surface area contributed by atoms with Gasteiger partial charge in [0.15, 0.2) is 0 Å². The fourth-order valence-corrected chi connectivity index (χ4v) is 3.39. The van der Waals surface area contributed by atoms with Gasteiger partial charge in [0.25, 0.3) is 5.84 Å². The molecule has 188 valence electrons. The first kappa shape index (κ1) is 25.1. The predicted octanol–water partition coefficient (Wildman–Crippen LogP) is 3.73. The number of anilines is 1. The van der Waals surface area contributed by atoms with E-state index >= 15 is 0 Å². The smallest absolute Gasteiger partial charge is 0.378 e. The lowest BCUT2D eigenvalue weighted by atomic mass is 10.3. The lowest BCUT2D eigenvalue weighted by Crippen LogP contribution is -2.30. The van der Waals surface area contributed by atoms with E-state index < -0.39 is 11.9 Å². The number of rotatable bonds is 7. The van der Waals surface area contributed by atoms with Gasteiger partial charge in [-0.1, -0.05) is 54.6 Å². The zero-order valence-corrected chi connectivity index (χ0v) is 20.4.